The van der Waals surface area contributed by atoms with Crippen molar-refractivity contribution in [3.63, 3.8) is 0 Å². The average Bonchev–Trinajstić information content (AvgIpc) is 2.63. The number of rotatable bonds is 3. The van der Waals surface area contributed by atoms with E-state index in [1.54, 1.807) is 6.20 Å². The molecule has 0 spiro atoms. The molecule has 3 aromatic rings. The zero-order valence-electron chi connectivity index (χ0n) is 12.7. The minimum atomic E-state index is 0.202. The lowest BCUT2D eigenvalue weighted by atomic mass is 10.2. The van der Waals surface area contributed by atoms with Gasteiger partial charge in [0.25, 0.3) is 0 Å². The van der Waals surface area contributed by atoms with Crippen LogP contribution in [0.15, 0.2) is 60.8 Å². The Balaban J connectivity index is 1.59. The zero-order chi connectivity index (χ0) is 16.4. The van der Waals surface area contributed by atoms with Crippen LogP contribution in [0.3, 0.4) is 0 Å². The van der Waals surface area contributed by atoms with Crippen LogP contribution < -0.4 is 14.4 Å². The van der Waals surface area contributed by atoms with Gasteiger partial charge in [-0.2, -0.15) is 4.98 Å². The molecule has 2 aromatic carbocycles. The largest absolute Gasteiger partial charge is 0.486 e. The molecule has 0 fully saturated rings. The quantitative estimate of drug-likeness (QED) is 0.660. The highest BCUT2D eigenvalue weighted by Crippen LogP contribution is 2.35. The van der Waals surface area contributed by atoms with E-state index in [0.29, 0.717) is 24.7 Å². The molecule has 2 heterocycles. The number of nitrogens with zero attached hydrogens (tertiary/aromatic N) is 3. The highest BCUT2D eigenvalue weighted by Gasteiger charge is 2.22. The Kier molecular flexibility index (Phi) is 3.92. The number of anilines is 2. The summed E-state index contributed by atoms with van der Waals surface area (Å²) in [5.41, 5.74) is 0.995. The van der Waals surface area contributed by atoms with Crippen molar-refractivity contribution in [2.24, 2.45) is 0 Å². The van der Waals surface area contributed by atoms with Gasteiger partial charge in [0, 0.05) is 5.69 Å². The van der Waals surface area contributed by atoms with E-state index in [0.717, 1.165) is 17.2 Å². The highest BCUT2D eigenvalue weighted by molar-refractivity contribution is 6.28. The van der Waals surface area contributed by atoms with Crippen LogP contribution >= 0.6 is 11.6 Å². The van der Waals surface area contributed by atoms with Crippen LogP contribution in [0.4, 0.5) is 11.5 Å². The Morgan fingerprint density at radius 2 is 1.75 bits per heavy atom. The van der Waals surface area contributed by atoms with Crippen molar-refractivity contribution in [1.82, 2.24) is 9.97 Å². The number of halogens is 1. The zero-order valence-corrected chi connectivity index (χ0v) is 13.5. The van der Waals surface area contributed by atoms with Gasteiger partial charge in [0.1, 0.15) is 18.1 Å². The number of aromatic nitrogens is 2. The summed E-state index contributed by atoms with van der Waals surface area (Å²) in [6.45, 7) is 1.26. The predicted molar refractivity (Wildman–Crippen MR) is 92.5 cm³/mol. The number of ether oxygens (including phenoxy) is 2. The molecule has 0 amide bonds. The molecule has 0 bridgehead atoms. The van der Waals surface area contributed by atoms with Gasteiger partial charge in [-0.15, -0.1) is 0 Å². The van der Waals surface area contributed by atoms with Gasteiger partial charge in [0.2, 0.25) is 5.28 Å². The maximum atomic E-state index is 5.92. The number of para-hydroxylation sites is 1. The number of hydrogen-bond donors (Lipinski definition) is 0. The topological polar surface area (TPSA) is 47.5 Å². The third-order valence-electron chi connectivity index (χ3n) is 3.66. The van der Waals surface area contributed by atoms with Gasteiger partial charge in [-0.05, 0) is 48.0 Å². The lowest BCUT2D eigenvalue weighted by molar-refractivity contribution is 0.310. The molecule has 0 unspecified atom stereocenters. The Morgan fingerprint density at radius 1 is 1.00 bits per heavy atom. The molecule has 24 heavy (non-hydrogen) atoms. The van der Waals surface area contributed by atoms with Crippen LogP contribution in [0.2, 0.25) is 5.28 Å². The second kappa shape index (κ2) is 6.37. The molecule has 0 radical (unpaired) electrons. The van der Waals surface area contributed by atoms with Crippen molar-refractivity contribution < 1.29 is 9.47 Å². The summed E-state index contributed by atoms with van der Waals surface area (Å²) >= 11 is 5.92. The summed E-state index contributed by atoms with van der Waals surface area (Å²) in [7, 11) is 0. The molecule has 0 N–H and O–H groups in total. The van der Waals surface area contributed by atoms with E-state index < -0.39 is 0 Å². The van der Waals surface area contributed by atoms with Gasteiger partial charge in [0.15, 0.2) is 11.6 Å². The van der Waals surface area contributed by atoms with E-state index in [9.17, 15) is 0 Å². The molecule has 0 aliphatic carbocycles. The molecular formula is C18H14ClN3O2. The fourth-order valence-electron chi connectivity index (χ4n) is 2.56. The van der Waals surface area contributed by atoms with Crippen LogP contribution in [0.25, 0.3) is 0 Å². The van der Waals surface area contributed by atoms with Crippen LogP contribution in [-0.2, 0) is 0 Å². The van der Waals surface area contributed by atoms with E-state index in [-0.39, 0.29) is 5.28 Å². The van der Waals surface area contributed by atoms with E-state index in [4.69, 9.17) is 21.1 Å². The molecule has 0 atom stereocenters. The first-order valence-electron chi connectivity index (χ1n) is 7.55. The summed E-state index contributed by atoms with van der Waals surface area (Å²) in [6.07, 6.45) is 1.60. The van der Waals surface area contributed by atoms with Gasteiger partial charge < -0.3 is 14.4 Å². The Labute approximate surface area is 144 Å². The fourth-order valence-corrected chi connectivity index (χ4v) is 2.69. The molecule has 120 valence electrons. The van der Waals surface area contributed by atoms with Crippen molar-refractivity contribution in [2.75, 3.05) is 18.1 Å². The van der Waals surface area contributed by atoms with Crippen molar-refractivity contribution in [3.05, 3.63) is 66.1 Å². The van der Waals surface area contributed by atoms with Crippen LogP contribution in [0, 0.1) is 0 Å². The Hall–Kier alpha value is -2.79. The maximum Gasteiger partial charge on any atom is 0.224 e. The minimum Gasteiger partial charge on any atom is -0.486 e. The first-order valence-corrected chi connectivity index (χ1v) is 7.93. The standard InChI is InChI=1S/C18H14ClN3O2/c19-18-20-12-16-17(21-18)22(10-11-23-16)13-6-8-15(9-7-13)24-14-4-2-1-3-5-14/h1-9,12H,10-11H2. The second-order valence-electron chi connectivity index (χ2n) is 5.24. The smallest absolute Gasteiger partial charge is 0.224 e. The number of benzene rings is 2. The lowest BCUT2D eigenvalue weighted by Gasteiger charge is -2.29. The van der Waals surface area contributed by atoms with Gasteiger partial charge in [-0.3, -0.25) is 0 Å². The summed E-state index contributed by atoms with van der Waals surface area (Å²) in [6, 6.07) is 17.5. The van der Waals surface area contributed by atoms with E-state index in [1.165, 1.54) is 0 Å². The summed E-state index contributed by atoms with van der Waals surface area (Å²) in [5.74, 6) is 2.90. The monoisotopic (exact) mass is 339 g/mol. The van der Waals surface area contributed by atoms with Crippen molar-refractivity contribution in [3.8, 4) is 17.2 Å². The van der Waals surface area contributed by atoms with Gasteiger partial charge in [-0.25, -0.2) is 4.98 Å². The fraction of sp³-hybridized carbons (Fsp3) is 0.111. The molecular weight excluding hydrogens is 326 g/mol. The Morgan fingerprint density at radius 3 is 2.54 bits per heavy atom. The molecule has 0 saturated carbocycles. The number of fused-ring (bicyclic) bond motifs is 1. The van der Waals surface area contributed by atoms with Gasteiger partial charge in [0.05, 0.1) is 12.7 Å². The molecule has 6 heteroatoms. The second-order valence-corrected chi connectivity index (χ2v) is 5.57. The first kappa shape index (κ1) is 14.8. The van der Waals surface area contributed by atoms with Crippen molar-refractivity contribution in [1.29, 1.82) is 0 Å². The molecule has 1 aromatic heterocycles. The minimum absolute atomic E-state index is 0.202. The van der Waals surface area contributed by atoms with Crippen molar-refractivity contribution >= 4 is 23.1 Å². The van der Waals surface area contributed by atoms with E-state index >= 15 is 0 Å². The third-order valence-corrected chi connectivity index (χ3v) is 3.84. The van der Waals surface area contributed by atoms with Crippen LogP contribution in [-0.4, -0.2) is 23.1 Å². The summed E-state index contributed by atoms with van der Waals surface area (Å²) in [5, 5.41) is 0.202. The molecule has 5 nitrogen and oxygen atoms in total. The van der Waals surface area contributed by atoms with Crippen LogP contribution in [0.1, 0.15) is 0 Å². The predicted octanol–water partition coefficient (Wildman–Crippen LogP) is 4.45. The first-order chi connectivity index (χ1) is 11.8. The van der Waals surface area contributed by atoms with Crippen molar-refractivity contribution in [2.45, 2.75) is 0 Å². The third kappa shape index (κ3) is 2.98. The SMILES string of the molecule is Clc1ncc2c(n1)N(c1ccc(Oc3ccccc3)cc1)CCO2. The maximum absolute atomic E-state index is 5.92. The highest BCUT2D eigenvalue weighted by atomic mass is 35.5. The van der Waals surface area contributed by atoms with Crippen LogP contribution in [0.5, 0.6) is 17.2 Å². The average molecular weight is 340 g/mol. The normalized spacial score (nSPS) is 13.1. The summed E-state index contributed by atoms with van der Waals surface area (Å²) < 4.78 is 11.4. The lowest BCUT2D eigenvalue weighted by Crippen LogP contribution is -2.29. The molecule has 0 saturated heterocycles. The summed E-state index contributed by atoms with van der Waals surface area (Å²) in [4.78, 5) is 10.3. The molecule has 1 aliphatic heterocycles. The number of hydrogen-bond acceptors (Lipinski definition) is 5. The van der Waals surface area contributed by atoms with Gasteiger partial charge in [-0.1, -0.05) is 18.2 Å². The van der Waals surface area contributed by atoms with Gasteiger partial charge >= 0.3 is 0 Å². The van der Waals surface area contributed by atoms with E-state index in [1.807, 2.05) is 54.6 Å². The Bertz CT molecular complexity index is 841. The molecule has 1 aliphatic rings. The molecule has 4 rings (SSSR count). The van der Waals surface area contributed by atoms with E-state index in [2.05, 4.69) is 14.9 Å².